The van der Waals surface area contributed by atoms with Crippen LogP contribution in [-0.4, -0.2) is 36.3 Å². The van der Waals surface area contributed by atoms with Crippen LogP contribution in [0.2, 0.25) is 0 Å². The van der Waals surface area contributed by atoms with Crippen molar-refractivity contribution >= 4 is 17.5 Å². The van der Waals surface area contributed by atoms with Crippen LogP contribution in [0.25, 0.3) is 0 Å². The van der Waals surface area contributed by atoms with Gasteiger partial charge in [0, 0.05) is 30.9 Å². The van der Waals surface area contributed by atoms with Crippen LogP contribution in [0.5, 0.6) is 0 Å². The highest BCUT2D eigenvalue weighted by atomic mass is 16.2. The molecule has 0 heterocycles. The van der Waals surface area contributed by atoms with Crippen molar-refractivity contribution in [3.8, 4) is 0 Å². The molecule has 26 heavy (non-hydrogen) atoms. The Morgan fingerprint density at radius 3 is 2.19 bits per heavy atom. The minimum absolute atomic E-state index is 0.0493. The SMILES string of the molecule is CCC(CC)(CN)C(=O)Nc1ccc(C(=O)N(C)C2CCCCC2)cc1. The summed E-state index contributed by atoms with van der Waals surface area (Å²) >= 11 is 0. The van der Waals surface area contributed by atoms with E-state index in [-0.39, 0.29) is 11.8 Å². The monoisotopic (exact) mass is 359 g/mol. The molecule has 0 saturated heterocycles. The molecule has 5 nitrogen and oxygen atoms in total. The first kappa shape index (κ1) is 20.4. The van der Waals surface area contributed by atoms with E-state index in [4.69, 9.17) is 5.73 Å². The smallest absolute Gasteiger partial charge is 0.253 e. The normalized spacial score (nSPS) is 15.5. The van der Waals surface area contributed by atoms with E-state index in [2.05, 4.69) is 5.32 Å². The van der Waals surface area contributed by atoms with Crippen LogP contribution in [0.1, 0.15) is 69.2 Å². The average Bonchev–Trinajstić information content (AvgIpc) is 2.70. The first-order chi connectivity index (χ1) is 12.5. The van der Waals surface area contributed by atoms with E-state index in [9.17, 15) is 9.59 Å². The van der Waals surface area contributed by atoms with Crippen LogP contribution in [0.15, 0.2) is 24.3 Å². The third kappa shape index (κ3) is 4.44. The fourth-order valence-corrected chi connectivity index (χ4v) is 3.75. The lowest BCUT2D eigenvalue weighted by atomic mass is 9.81. The number of amides is 2. The number of hydrogen-bond acceptors (Lipinski definition) is 3. The molecule has 1 aliphatic carbocycles. The minimum atomic E-state index is -0.532. The van der Waals surface area contributed by atoms with Gasteiger partial charge in [0.05, 0.1) is 5.41 Å². The van der Waals surface area contributed by atoms with Gasteiger partial charge in [0.2, 0.25) is 5.91 Å². The third-order valence-corrected chi connectivity index (χ3v) is 6.06. The lowest BCUT2D eigenvalue weighted by Gasteiger charge is -2.31. The molecule has 1 fully saturated rings. The van der Waals surface area contributed by atoms with Crippen molar-refractivity contribution in [1.82, 2.24) is 4.90 Å². The Bertz CT molecular complexity index is 594. The van der Waals surface area contributed by atoms with E-state index in [0.29, 0.717) is 36.7 Å². The van der Waals surface area contributed by atoms with Crippen LogP contribution in [0.3, 0.4) is 0 Å². The van der Waals surface area contributed by atoms with E-state index in [1.165, 1.54) is 19.3 Å². The lowest BCUT2D eigenvalue weighted by Crippen LogP contribution is -2.41. The second-order valence-corrected chi connectivity index (χ2v) is 7.43. The standard InChI is InChI=1S/C21H33N3O2/c1-4-21(5-2,15-22)20(26)23-17-13-11-16(12-14-17)19(25)24(3)18-9-7-6-8-10-18/h11-14,18H,4-10,15,22H2,1-3H3,(H,23,26). The molecular formula is C21H33N3O2. The van der Waals surface area contributed by atoms with Gasteiger partial charge in [-0.1, -0.05) is 33.1 Å². The minimum Gasteiger partial charge on any atom is -0.339 e. The molecule has 2 amide bonds. The van der Waals surface area contributed by atoms with Crippen molar-refractivity contribution in [2.75, 3.05) is 18.9 Å². The molecule has 1 aromatic rings. The van der Waals surface area contributed by atoms with Crippen LogP contribution >= 0.6 is 0 Å². The largest absolute Gasteiger partial charge is 0.339 e. The van der Waals surface area contributed by atoms with Crippen molar-refractivity contribution in [2.45, 2.75) is 64.8 Å². The first-order valence-electron chi connectivity index (χ1n) is 9.86. The highest BCUT2D eigenvalue weighted by Crippen LogP contribution is 2.27. The third-order valence-electron chi connectivity index (χ3n) is 6.06. The Morgan fingerprint density at radius 2 is 1.69 bits per heavy atom. The molecule has 0 radical (unpaired) electrons. The van der Waals surface area contributed by atoms with Crippen LogP contribution < -0.4 is 11.1 Å². The highest BCUT2D eigenvalue weighted by molar-refractivity contribution is 5.97. The van der Waals surface area contributed by atoms with E-state index in [1.807, 2.05) is 25.8 Å². The van der Waals surface area contributed by atoms with Crippen LogP contribution in [-0.2, 0) is 4.79 Å². The summed E-state index contributed by atoms with van der Waals surface area (Å²) in [6, 6.07) is 7.52. The predicted molar refractivity (Wildman–Crippen MR) is 106 cm³/mol. The number of carbonyl (C=O) groups is 2. The molecular weight excluding hydrogens is 326 g/mol. The molecule has 1 saturated carbocycles. The fourth-order valence-electron chi connectivity index (χ4n) is 3.75. The van der Waals surface area contributed by atoms with Crippen LogP contribution in [0.4, 0.5) is 5.69 Å². The van der Waals surface area contributed by atoms with Gasteiger partial charge in [-0.2, -0.15) is 0 Å². The number of anilines is 1. The number of benzene rings is 1. The summed E-state index contributed by atoms with van der Waals surface area (Å²) in [5.74, 6) is -0.00315. The highest BCUT2D eigenvalue weighted by Gasteiger charge is 2.33. The maximum atomic E-state index is 12.7. The zero-order chi connectivity index (χ0) is 19.2. The molecule has 0 unspecified atom stereocenters. The van der Waals surface area contributed by atoms with Gasteiger partial charge in [-0.3, -0.25) is 9.59 Å². The summed E-state index contributed by atoms with van der Waals surface area (Å²) in [7, 11) is 1.89. The van der Waals surface area contributed by atoms with Crippen molar-refractivity contribution in [2.24, 2.45) is 11.1 Å². The number of rotatable bonds is 7. The first-order valence-corrected chi connectivity index (χ1v) is 9.86. The summed E-state index contributed by atoms with van der Waals surface area (Å²) in [4.78, 5) is 27.2. The van der Waals surface area contributed by atoms with Crippen molar-refractivity contribution in [3.05, 3.63) is 29.8 Å². The number of nitrogens with two attached hydrogens (primary N) is 1. The molecule has 1 aromatic carbocycles. The van der Waals surface area contributed by atoms with E-state index >= 15 is 0 Å². The molecule has 0 aromatic heterocycles. The van der Waals surface area contributed by atoms with Gasteiger partial charge < -0.3 is 16.0 Å². The molecule has 0 bridgehead atoms. The van der Waals surface area contributed by atoms with Crippen molar-refractivity contribution < 1.29 is 9.59 Å². The maximum Gasteiger partial charge on any atom is 0.253 e. The number of carbonyl (C=O) groups excluding carboxylic acids is 2. The lowest BCUT2D eigenvalue weighted by molar-refractivity contribution is -0.125. The van der Waals surface area contributed by atoms with Gasteiger partial charge in [0.15, 0.2) is 0 Å². The molecule has 1 aliphatic rings. The van der Waals surface area contributed by atoms with Gasteiger partial charge in [-0.25, -0.2) is 0 Å². The molecule has 144 valence electrons. The zero-order valence-electron chi connectivity index (χ0n) is 16.4. The Hall–Kier alpha value is -1.88. The summed E-state index contributed by atoms with van der Waals surface area (Å²) in [6.45, 7) is 4.30. The molecule has 0 atom stereocenters. The average molecular weight is 360 g/mol. The molecule has 3 N–H and O–H groups in total. The van der Waals surface area contributed by atoms with Crippen molar-refractivity contribution in [1.29, 1.82) is 0 Å². The molecule has 5 heteroatoms. The predicted octanol–water partition coefficient (Wildman–Crippen LogP) is 3.79. The Balaban J connectivity index is 2.03. The quantitative estimate of drug-likeness (QED) is 0.777. The second-order valence-electron chi connectivity index (χ2n) is 7.43. The number of nitrogens with zero attached hydrogens (tertiary/aromatic N) is 1. The Labute approximate surface area is 157 Å². The summed E-state index contributed by atoms with van der Waals surface area (Å²) in [5, 5.41) is 2.95. The molecule has 0 spiro atoms. The second kappa shape index (κ2) is 9.17. The maximum absolute atomic E-state index is 12.7. The van der Waals surface area contributed by atoms with Gasteiger partial charge in [-0.05, 0) is 49.9 Å². The zero-order valence-corrected chi connectivity index (χ0v) is 16.4. The number of nitrogens with one attached hydrogen (secondary N) is 1. The van der Waals surface area contributed by atoms with E-state index in [0.717, 1.165) is 12.8 Å². The van der Waals surface area contributed by atoms with Gasteiger partial charge in [-0.15, -0.1) is 0 Å². The topological polar surface area (TPSA) is 75.4 Å². The van der Waals surface area contributed by atoms with E-state index in [1.54, 1.807) is 24.3 Å². The summed E-state index contributed by atoms with van der Waals surface area (Å²) in [5.41, 5.74) is 6.67. The van der Waals surface area contributed by atoms with Crippen LogP contribution in [0, 0.1) is 5.41 Å². The molecule has 0 aliphatic heterocycles. The van der Waals surface area contributed by atoms with Gasteiger partial charge in [0.25, 0.3) is 5.91 Å². The molecule has 2 rings (SSSR count). The Morgan fingerprint density at radius 1 is 1.12 bits per heavy atom. The van der Waals surface area contributed by atoms with Gasteiger partial charge >= 0.3 is 0 Å². The fraction of sp³-hybridized carbons (Fsp3) is 0.619. The van der Waals surface area contributed by atoms with Gasteiger partial charge in [0.1, 0.15) is 0 Å². The van der Waals surface area contributed by atoms with Crippen molar-refractivity contribution in [3.63, 3.8) is 0 Å². The Kier molecular flexibility index (Phi) is 7.21. The van der Waals surface area contributed by atoms with E-state index < -0.39 is 5.41 Å². The summed E-state index contributed by atoms with van der Waals surface area (Å²) in [6.07, 6.45) is 7.25. The summed E-state index contributed by atoms with van der Waals surface area (Å²) < 4.78 is 0. The number of hydrogen-bond donors (Lipinski definition) is 2.